The zero-order chi connectivity index (χ0) is 42.1. The number of aromatic hydroxyl groups is 2. The summed E-state index contributed by atoms with van der Waals surface area (Å²) in [5.41, 5.74) is -5.56. The molecule has 0 aromatic heterocycles. The number of alkyl carbamates (subject to hydrolysis) is 1. The summed E-state index contributed by atoms with van der Waals surface area (Å²) < 4.78 is 27.7. The third-order valence-corrected chi connectivity index (χ3v) is 9.68. The number of benzene rings is 2. The molecule has 6 atom stereocenters. The van der Waals surface area contributed by atoms with Crippen molar-refractivity contribution in [3.05, 3.63) is 51.6 Å². The Hall–Kier alpha value is -5.63. The highest BCUT2D eigenvalue weighted by atomic mass is 16.7. The van der Waals surface area contributed by atoms with Crippen molar-refractivity contribution >= 4 is 41.3 Å². The first-order valence-electron chi connectivity index (χ1n) is 17.9. The molecule has 1 aliphatic heterocycles. The average molecular weight is 801 g/mol. The maximum absolute atomic E-state index is 14.0. The van der Waals surface area contributed by atoms with Crippen LogP contribution in [0.25, 0.3) is 0 Å². The van der Waals surface area contributed by atoms with E-state index in [9.17, 15) is 54.0 Å². The molecule has 1 heterocycles. The van der Waals surface area contributed by atoms with Gasteiger partial charge in [0.05, 0.1) is 48.5 Å². The van der Waals surface area contributed by atoms with Crippen LogP contribution in [0, 0.1) is 0 Å². The number of rotatable bonds is 12. The van der Waals surface area contributed by atoms with Crippen molar-refractivity contribution < 1.29 is 82.8 Å². The number of carboxylic acids is 1. The van der Waals surface area contributed by atoms with Gasteiger partial charge >= 0.3 is 18.0 Å². The number of ether oxygens (including phenoxy) is 5. The lowest BCUT2D eigenvalue weighted by Gasteiger charge is -2.43. The number of aliphatic hydroxyl groups is 2. The van der Waals surface area contributed by atoms with E-state index in [1.165, 1.54) is 32.2 Å². The van der Waals surface area contributed by atoms with Gasteiger partial charge in [0, 0.05) is 42.4 Å². The van der Waals surface area contributed by atoms with Crippen LogP contribution in [-0.2, 0) is 44.5 Å². The number of carbonyl (C=O) groups is 7. The first kappa shape index (κ1) is 42.5. The molecule has 19 heteroatoms. The maximum atomic E-state index is 14.0. The number of aliphatic carboxylic acids is 1. The fourth-order valence-electron chi connectivity index (χ4n) is 6.98. The number of carbonyl (C=O) groups excluding carboxylic acids is 6. The number of ketones is 3. The molecule has 1 fully saturated rings. The summed E-state index contributed by atoms with van der Waals surface area (Å²) >= 11 is 0. The van der Waals surface area contributed by atoms with Crippen molar-refractivity contribution in [3.63, 3.8) is 0 Å². The molecule has 0 radical (unpaired) electrons. The fraction of sp³-hybridized carbons (Fsp3) is 0.500. The number of carboxylic acid groups (broad SMARTS) is 1. The van der Waals surface area contributed by atoms with Gasteiger partial charge in [-0.15, -0.1) is 0 Å². The van der Waals surface area contributed by atoms with Gasteiger partial charge in [-0.3, -0.25) is 28.8 Å². The van der Waals surface area contributed by atoms with Crippen LogP contribution in [0.1, 0.15) is 102 Å². The van der Waals surface area contributed by atoms with E-state index in [4.69, 9.17) is 28.8 Å². The Bertz CT molecular complexity index is 2000. The lowest BCUT2D eigenvalue weighted by molar-refractivity contribution is -0.249. The molecule has 308 valence electrons. The fourth-order valence-corrected chi connectivity index (χ4v) is 6.98. The molecule has 2 aromatic rings. The second kappa shape index (κ2) is 16.5. The first-order chi connectivity index (χ1) is 26.6. The van der Waals surface area contributed by atoms with E-state index in [0.29, 0.717) is 0 Å². The molecule has 57 heavy (non-hydrogen) atoms. The highest BCUT2D eigenvalue weighted by Gasteiger charge is 2.51. The van der Waals surface area contributed by atoms with Crippen LogP contribution < -0.4 is 15.4 Å². The molecule has 2 aliphatic carbocycles. The minimum atomic E-state index is -2.53. The number of phenolic OH excluding ortho intramolecular Hbond substituents is 2. The van der Waals surface area contributed by atoms with Gasteiger partial charge < -0.3 is 59.9 Å². The molecule has 7 N–H and O–H groups in total. The smallest absolute Gasteiger partial charge is 0.407 e. The molecule has 0 saturated carbocycles. The highest BCUT2D eigenvalue weighted by molar-refractivity contribution is 6.31. The summed E-state index contributed by atoms with van der Waals surface area (Å²) in [6.45, 7) is 4.61. The summed E-state index contributed by atoms with van der Waals surface area (Å²) in [5, 5.41) is 59.8. The second-order valence-electron chi connectivity index (χ2n) is 14.9. The van der Waals surface area contributed by atoms with E-state index < -0.39 is 145 Å². The van der Waals surface area contributed by atoms with Crippen molar-refractivity contribution in [2.24, 2.45) is 0 Å². The van der Waals surface area contributed by atoms with Crippen molar-refractivity contribution in [2.75, 3.05) is 20.3 Å². The van der Waals surface area contributed by atoms with Crippen molar-refractivity contribution in [2.45, 2.75) is 102 Å². The first-order valence-corrected chi connectivity index (χ1v) is 17.9. The van der Waals surface area contributed by atoms with Crippen LogP contribution in [-0.4, -0.2) is 123 Å². The summed E-state index contributed by atoms with van der Waals surface area (Å²) in [5.74, 6) is -7.62. The van der Waals surface area contributed by atoms with E-state index in [0.717, 1.165) is 0 Å². The number of aliphatic hydroxyl groups excluding tert-OH is 1. The number of fused-ring (bicyclic) bond motifs is 3. The third kappa shape index (κ3) is 9.01. The molecule has 2 amide bonds. The summed E-state index contributed by atoms with van der Waals surface area (Å²) in [7, 11) is 1.28. The number of Topliss-reactive ketones (excluding diaryl/α,β-unsaturated/α-hetero) is 1. The largest absolute Gasteiger partial charge is 0.507 e. The molecule has 2 aromatic carbocycles. The standard InChI is InChI=1S/C38H44N2O17/c1-16-31(46)19(40-36(51)57-37(2,3)4)11-26(55-16)56-21-13-38(52,22(41)15-54-25(45)14-39-23(42)9-10-24(43)44)12-18-28(21)35(50)30-29(33(18)48)32(47)17-7-6-8-20(53-5)27(17)34(30)49/h6-8,16,19,21,26,31,46,48,50,52H,9-15H2,1-5H3,(H,39,42)(H,40,51)(H,43,44)/t16?,19?,21-,26?,31?,38+/m1/s1. The Morgan fingerprint density at radius 2 is 1.68 bits per heavy atom. The Balaban J connectivity index is 1.49. The van der Waals surface area contributed by atoms with Gasteiger partial charge in [0.15, 0.2) is 18.7 Å². The molecule has 19 nitrogen and oxygen atoms in total. The van der Waals surface area contributed by atoms with Crippen molar-refractivity contribution in [1.82, 2.24) is 10.6 Å². The van der Waals surface area contributed by atoms with Gasteiger partial charge in [-0.05, 0) is 33.8 Å². The van der Waals surface area contributed by atoms with Crippen LogP contribution >= 0.6 is 0 Å². The van der Waals surface area contributed by atoms with Crippen LogP contribution in [0.2, 0.25) is 0 Å². The Labute approximate surface area is 325 Å². The average Bonchev–Trinajstić information content (AvgIpc) is 3.13. The lowest BCUT2D eigenvalue weighted by Crippen LogP contribution is -2.56. The van der Waals surface area contributed by atoms with Crippen molar-refractivity contribution in [1.29, 1.82) is 0 Å². The summed E-state index contributed by atoms with van der Waals surface area (Å²) in [4.78, 5) is 89.1. The van der Waals surface area contributed by atoms with Crippen LogP contribution in [0.15, 0.2) is 18.2 Å². The predicted molar refractivity (Wildman–Crippen MR) is 191 cm³/mol. The van der Waals surface area contributed by atoms with E-state index in [-0.39, 0.29) is 34.4 Å². The number of esters is 1. The van der Waals surface area contributed by atoms with E-state index in [1.54, 1.807) is 20.8 Å². The van der Waals surface area contributed by atoms with Gasteiger partial charge in [0.1, 0.15) is 41.1 Å². The van der Waals surface area contributed by atoms with Crippen LogP contribution in [0.4, 0.5) is 4.79 Å². The number of hydrogen-bond donors (Lipinski definition) is 7. The van der Waals surface area contributed by atoms with Crippen LogP contribution in [0.3, 0.4) is 0 Å². The van der Waals surface area contributed by atoms with E-state index in [2.05, 4.69) is 10.6 Å². The minimum Gasteiger partial charge on any atom is -0.507 e. The molecule has 0 bridgehead atoms. The topological polar surface area (TPSA) is 291 Å². The Morgan fingerprint density at radius 1 is 1.00 bits per heavy atom. The van der Waals surface area contributed by atoms with E-state index in [1.807, 2.05) is 0 Å². The predicted octanol–water partition coefficient (Wildman–Crippen LogP) is 1.10. The zero-order valence-corrected chi connectivity index (χ0v) is 31.7. The molecule has 1 saturated heterocycles. The van der Waals surface area contributed by atoms with Gasteiger partial charge in [0.25, 0.3) is 0 Å². The number of amides is 2. The van der Waals surface area contributed by atoms with Gasteiger partial charge in [-0.1, -0.05) is 12.1 Å². The van der Waals surface area contributed by atoms with Gasteiger partial charge in [0.2, 0.25) is 17.5 Å². The molecule has 0 spiro atoms. The molecular weight excluding hydrogens is 756 g/mol. The van der Waals surface area contributed by atoms with E-state index >= 15 is 0 Å². The number of methoxy groups -OCH3 is 1. The molecular formula is C38H44N2O17. The molecule has 4 unspecified atom stereocenters. The summed E-state index contributed by atoms with van der Waals surface area (Å²) in [6, 6.07) is 3.18. The van der Waals surface area contributed by atoms with Crippen LogP contribution in [0.5, 0.6) is 17.2 Å². The Kier molecular flexibility index (Phi) is 12.3. The highest BCUT2D eigenvalue weighted by Crippen LogP contribution is 2.52. The quantitative estimate of drug-likeness (QED) is 0.0997. The number of nitrogens with one attached hydrogen (secondary N) is 2. The van der Waals surface area contributed by atoms with Gasteiger partial charge in [-0.25, -0.2) is 4.79 Å². The number of hydrogen-bond acceptors (Lipinski definition) is 16. The zero-order valence-electron chi connectivity index (χ0n) is 31.7. The normalized spacial score (nSPS) is 23.9. The maximum Gasteiger partial charge on any atom is 0.407 e. The third-order valence-electron chi connectivity index (χ3n) is 9.68. The Morgan fingerprint density at radius 3 is 2.33 bits per heavy atom. The lowest BCUT2D eigenvalue weighted by atomic mass is 9.72. The molecule has 5 rings (SSSR count). The SMILES string of the molecule is COc1cccc2c1C(=O)c1c(O)c3c(c(O)c1C2=O)C[C@@](O)(C(=O)COC(=O)CNC(=O)CCC(=O)O)C[C@H]3OC1CC(NC(=O)OC(C)(C)C)C(O)C(C)O1. The van der Waals surface area contributed by atoms with Gasteiger partial charge in [-0.2, -0.15) is 0 Å². The summed E-state index contributed by atoms with van der Waals surface area (Å²) in [6.07, 6.45) is -8.64. The van der Waals surface area contributed by atoms with Crippen molar-refractivity contribution in [3.8, 4) is 17.2 Å². The second-order valence-corrected chi connectivity index (χ2v) is 14.9. The minimum absolute atomic E-state index is 0.0157. The molecule has 3 aliphatic rings. The monoisotopic (exact) mass is 800 g/mol. The number of phenols is 2.